The first-order valence-corrected chi connectivity index (χ1v) is 9.09. The van der Waals surface area contributed by atoms with Crippen molar-refractivity contribution in [3.63, 3.8) is 0 Å². The maximum Gasteiger partial charge on any atom is 0.246 e. The van der Waals surface area contributed by atoms with Crippen LogP contribution in [0.5, 0.6) is 0 Å². The third-order valence-electron chi connectivity index (χ3n) is 4.66. The first-order chi connectivity index (χ1) is 14.1. The highest BCUT2D eigenvalue weighted by Crippen LogP contribution is 2.16. The van der Waals surface area contributed by atoms with Gasteiger partial charge in [-0.05, 0) is 30.3 Å². The molecule has 1 aliphatic rings. The Hall–Kier alpha value is -3.62. The minimum atomic E-state index is -0.572. The first-order valence-electron chi connectivity index (χ1n) is 9.09. The first kappa shape index (κ1) is 18.7. The number of hydrogen-bond donors (Lipinski definition) is 0. The summed E-state index contributed by atoms with van der Waals surface area (Å²) in [5.74, 6) is 0.0604. The van der Waals surface area contributed by atoms with E-state index in [0.29, 0.717) is 32.0 Å². The fourth-order valence-corrected chi connectivity index (χ4v) is 3.10. The van der Waals surface area contributed by atoms with E-state index in [-0.39, 0.29) is 11.5 Å². The van der Waals surface area contributed by atoms with Crippen LogP contribution >= 0.6 is 0 Å². The lowest BCUT2D eigenvalue weighted by Crippen LogP contribution is -2.48. The van der Waals surface area contributed by atoms with Crippen molar-refractivity contribution in [1.29, 1.82) is 0 Å². The molecule has 1 amide bonds. The average Bonchev–Trinajstić information content (AvgIpc) is 3.29. The molecular weight excluding hydrogens is 378 g/mol. The number of carbonyl (C=O) groups is 1. The summed E-state index contributed by atoms with van der Waals surface area (Å²) < 4.78 is 28.6. The van der Waals surface area contributed by atoms with Gasteiger partial charge in [0.2, 0.25) is 5.91 Å². The largest absolute Gasteiger partial charge is 0.353 e. The summed E-state index contributed by atoms with van der Waals surface area (Å²) in [6.07, 6.45) is 7.54. The number of nitrogens with zero attached hydrogens (tertiary/aromatic N) is 6. The third kappa shape index (κ3) is 4.29. The Kier molecular flexibility index (Phi) is 5.28. The number of piperazine rings is 1. The van der Waals surface area contributed by atoms with Crippen LogP contribution in [0.4, 0.5) is 14.6 Å². The van der Waals surface area contributed by atoms with Crippen molar-refractivity contribution in [3.8, 4) is 5.82 Å². The van der Waals surface area contributed by atoms with Crippen LogP contribution in [0.25, 0.3) is 11.9 Å². The normalized spacial score (nSPS) is 14.6. The molecule has 4 rings (SSSR count). The number of rotatable bonds is 4. The van der Waals surface area contributed by atoms with Gasteiger partial charge in [0.25, 0.3) is 0 Å². The minimum Gasteiger partial charge on any atom is -0.353 e. The Morgan fingerprint density at radius 2 is 1.83 bits per heavy atom. The highest BCUT2D eigenvalue weighted by molar-refractivity contribution is 5.92. The molecule has 7 nitrogen and oxygen atoms in total. The molecule has 3 heterocycles. The summed E-state index contributed by atoms with van der Waals surface area (Å²) in [5, 5.41) is 4.16. The standard InChI is InChI=1S/C20H18F2N6O/c21-16-3-4-17(22)15(12-16)2-5-20(29)27-10-8-26(9-11-27)18-13-19(24-14-23-18)28-7-1-6-25-28/h1-7,12-14H,8-11H2/b5-2+. The van der Waals surface area contributed by atoms with E-state index in [9.17, 15) is 13.6 Å². The second-order valence-corrected chi connectivity index (χ2v) is 6.50. The Balaban J connectivity index is 1.38. The lowest BCUT2D eigenvalue weighted by atomic mass is 10.2. The van der Waals surface area contributed by atoms with Crippen molar-refractivity contribution in [2.24, 2.45) is 0 Å². The van der Waals surface area contributed by atoms with Crippen LogP contribution in [0.2, 0.25) is 0 Å². The molecule has 0 radical (unpaired) electrons. The topological polar surface area (TPSA) is 67.2 Å². The molecule has 9 heteroatoms. The number of benzene rings is 1. The Morgan fingerprint density at radius 3 is 2.59 bits per heavy atom. The summed E-state index contributed by atoms with van der Waals surface area (Å²) in [7, 11) is 0. The molecule has 3 aromatic rings. The number of carbonyl (C=O) groups excluding carboxylic acids is 1. The zero-order valence-electron chi connectivity index (χ0n) is 15.4. The molecule has 1 aromatic carbocycles. The molecule has 148 valence electrons. The SMILES string of the molecule is O=C(/C=C/c1cc(F)ccc1F)N1CCN(c2cc(-n3cccn3)ncn2)CC1. The van der Waals surface area contributed by atoms with E-state index in [4.69, 9.17) is 0 Å². The van der Waals surface area contributed by atoms with Gasteiger partial charge in [-0.15, -0.1) is 0 Å². The number of anilines is 1. The van der Waals surface area contributed by atoms with E-state index in [0.717, 1.165) is 24.0 Å². The van der Waals surface area contributed by atoms with Gasteiger partial charge in [0, 0.05) is 56.3 Å². The molecule has 0 saturated carbocycles. The fraction of sp³-hybridized carbons (Fsp3) is 0.200. The Morgan fingerprint density at radius 1 is 1.03 bits per heavy atom. The van der Waals surface area contributed by atoms with Crippen LogP contribution in [0, 0.1) is 11.6 Å². The minimum absolute atomic E-state index is 0.0455. The van der Waals surface area contributed by atoms with Gasteiger partial charge in [0.15, 0.2) is 5.82 Å². The van der Waals surface area contributed by atoms with Crippen LogP contribution in [0.1, 0.15) is 5.56 Å². The molecule has 1 saturated heterocycles. The molecule has 0 spiro atoms. The van der Waals surface area contributed by atoms with Crippen molar-refractivity contribution < 1.29 is 13.6 Å². The molecule has 0 atom stereocenters. The lowest BCUT2D eigenvalue weighted by Gasteiger charge is -2.34. The summed E-state index contributed by atoms with van der Waals surface area (Å²) >= 11 is 0. The predicted octanol–water partition coefficient (Wildman–Crippen LogP) is 2.30. The fourth-order valence-electron chi connectivity index (χ4n) is 3.10. The van der Waals surface area contributed by atoms with Crippen LogP contribution in [-0.2, 0) is 4.79 Å². The predicted molar refractivity (Wildman–Crippen MR) is 103 cm³/mol. The van der Waals surface area contributed by atoms with Crippen LogP contribution < -0.4 is 4.90 Å². The molecule has 2 aromatic heterocycles. The maximum atomic E-state index is 13.7. The van der Waals surface area contributed by atoms with E-state index in [1.165, 1.54) is 18.5 Å². The highest BCUT2D eigenvalue weighted by Gasteiger charge is 2.21. The van der Waals surface area contributed by atoms with Gasteiger partial charge in [-0.2, -0.15) is 5.10 Å². The molecular formula is C20H18F2N6O. The van der Waals surface area contributed by atoms with Gasteiger partial charge in [-0.3, -0.25) is 4.79 Å². The smallest absolute Gasteiger partial charge is 0.246 e. The zero-order valence-corrected chi connectivity index (χ0v) is 15.4. The van der Waals surface area contributed by atoms with Gasteiger partial charge >= 0.3 is 0 Å². The summed E-state index contributed by atoms with van der Waals surface area (Å²) in [6.45, 7) is 2.19. The Bertz CT molecular complexity index is 1030. The molecule has 29 heavy (non-hydrogen) atoms. The Labute approximate surface area is 165 Å². The lowest BCUT2D eigenvalue weighted by molar-refractivity contribution is -0.126. The van der Waals surface area contributed by atoms with Crippen molar-refractivity contribution in [2.75, 3.05) is 31.1 Å². The highest BCUT2D eigenvalue weighted by atomic mass is 19.1. The summed E-state index contributed by atoms with van der Waals surface area (Å²) in [6, 6.07) is 6.80. The van der Waals surface area contributed by atoms with E-state index in [1.54, 1.807) is 22.0 Å². The molecule has 0 aliphatic carbocycles. The third-order valence-corrected chi connectivity index (χ3v) is 4.66. The van der Waals surface area contributed by atoms with Gasteiger partial charge in [0.1, 0.15) is 23.8 Å². The molecule has 1 fully saturated rings. The van der Waals surface area contributed by atoms with Crippen LogP contribution in [-0.4, -0.2) is 56.7 Å². The van der Waals surface area contributed by atoms with Crippen molar-refractivity contribution >= 4 is 17.8 Å². The van der Waals surface area contributed by atoms with Gasteiger partial charge in [-0.1, -0.05) is 0 Å². The maximum absolute atomic E-state index is 13.7. The van der Waals surface area contributed by atoms with E-state index in [1.807, 2.05) is 12.1 Å². The summed E-state index contributed by atoms with van der Waals surface area (Å²) in [4.78, 5) is 24.7. The number of halogens is 2. The average molecular weight is 396 g/mol. The van der Waals surface area contributed by atoms with E-state index >= 15 is 0 Å². The quantitative estimate of drug-likeness (QED) is 0.633. The molecule has 0 bridgehead atoms. The molecule has 0 N–H and O–H groups in total. The van der Waals surface area contributed by atoms with E-state index < -0.39 is 11.6 Å². The zero-order chi connectivity index (χ0) is 20.2. The molecule has 0 unspecified atom stereocenters. The van der Waals surface area contributed by atoms with Crippen molar-refractivity contribution in [2.45, 2.75) is 0 Å². The second kappa shape index (κ2) is 8.17. The monoisotopic (exact) mass is 396 g/mol. The number of amides is 1. The van der Waals surface area contributed by atoms with Crippen molar-refractivity contribution in [3.05, 3.63) is 72.3 Å². The molecule has 1 aliphatic heterocycles. The van der Waals surface area contributed by atoms with Gasteiger partial charge < -0.3 is 9.80 Å². The summed E-state index contributed by atoms with van der Waals surface area (Å²) in [5.41, 5.74) is 0.0455. The van der Waals surface area contributed by atoms with E-state index in [2.05, 4.69) is 20.0 Å². The van der Waals surface area contributed by atoms with Crippen molar-refractivity contribution in [1.82, 2.24) is 24.6 Å². The van der Waals surface area contributed by atoms with Crippen LogP contribution in [0.3, 0.4) is 0 Å². The van der Waals surface area contributed by atoms with Gasteiger partial charge in [-0.25, -0.2) is 23.4 Å². The number of hydrogen-bond acceptors (Lipinski definition) is 5. The number of aromatic nitrogens is 4. The van der Waals surface area contributed by atoms with Gasteiger partial charge in [0.05, 0.1) is 0 Å². The van der Waals surface area contributed by atoms with Crippen LogP contribution in [0.15, 0.2) is 55.1 Å². The second-order valence-electron chi connectivity index (χ2n) is 6.50.